The van der Waals surface area contributed by atoms with Gasteiger partial charge < -0.3 is 9.52 Å². The first kappa shape index (κ1) is 16.6. The summed E-state index contributed by atoms with van der Waals surface area (Å²) in [5, 5.41) is 16.8. The molecule has 1 saturated heterocycles. The summed E-state index contributed by atoms with van der Waals surface area (Å²) in [5.41, 5.74) is -0.0488. The molecule has 9 heteroatoms. The predicted octanol–water partition coefficient (Wildman–Crippen LogP) is 1.64. The Morgan fingerprint density at radius 1 is 1.29 bits per heavy atom. The molecule has 1 aliphatic heterocycles. The third-order valence-corrected chi connectivity index (χ3v) is 5.96. The average molecular weight is 351 g/mol. The largest absolute Gasteiger partial charge is 0.478 e. The molecule has 1 aliphatic rings. The standard InChI is InChI=1S/C15H17N3O5S/c1-10-16-17-14(23-10)11-5-7-18(8-6-11)24(21,22)13-4-2-3-12(9-13)15(19)20/h2-4,9,11H,5-8H2,1H3,(H,19,20). The lowest BCUT2D eigenvalue weighted by molar-refractivity contribution is 0.0696. The van der Waals surface area contributed by atoms with E-state index in [9.17, 15) is 13.2 Å². The van der Waals surface area contributed by atoms with E-state index in [0.717, 1.165) is 0 Å². The van der Waals surface area contributed by atoms with Gasteiger partial charge in [0.2, 0.25) is 21.8 Å². The van der Waals surface area contributed by atoms with E-state index >= 15 is 0 Å². The van der Waals surface area contributed by atoms with E-state index in [0.29, 0.717) is 37.7 Å². The molecule has 1 fully saturated rings. The van der Waals surface area contributed by atoms with Crippen LogP contribution in [0.1, 0.15) is 40.9 Å². The molecular weight excluding hydrogens is 334 g/mol. The number of carboxylic acids is 1. The number of hydrogen-bond acceptors (Lipinski definition) is 6. The van der Waals surface area contributed by atoms with Gasteiger partial charge in [-0.2, -0.15) is 4.31 Å². The molecule has 2 aromatic rings. The number of aryl methyl sites for hydroxylation is 1. The van der Waals surface area contributed by atoms with Crippen LogP contribution in [0, 0.1) is 6.92 Å². The fourth-order valence-corrected chi connectivity index (χ4v) is 4.27. The Hall–Kier alpha value is -2.26. The summed E-state index contributed by atoms with van der Waals surface area (Å²) < 4.78 is 32.2. The van der Waals surface area contributed by atoms with Gasteiger partial charge >= 0.3 is 5.97 Å². The zero-order valence-electron chi connectivity index (χ0n) is 13.0. The van der Waals surface area contributed by atoms with Gasteiger partial charge in [-0.05, 0) is 31.0 Å². The Morgan fingerprint density at radius 3 is 2.58 bits per heavy atom. The fraction of sp³-hybridized carbons (Fsp3) is 0.400. The zero-order valence-corrected chi connectivity index (χ0v) is 13.9. The van der Waals surface area contributed by atoms with Gasteiger partial charge in [0, 0.05) is 25.9 Å². The van der Waals surface area contributed by atoms with Crippen LogP contribution in [-0.4, -0.2) is 47.1 Å². The normalized spacial score (nSPS) is 17.0. The van der Waals surface area contributed by atoms with Gasteiger partial charge in [0.15, 0.2) is 0 Å². The van der Waals surface area contributed by atoms with Crippen molar-refractivity contribution in [3.05, 3.63) is 41.6 Å². The van der Waals surface area contributed by atoms with Crippen LogP contribution in [0.4, 0.5) is 0 Å². The third-order valence-electron chi connectivity index (χ3n) is 4.06. The van der Waals surface area contributed by atoms with Crippen molar-refractivity contribution in [3.8, 4) is 0 Å². The van der Waals surface area contributed by atoms with Crippen LogP contribution in [0.5, 0.6) is 0 Å². The van der Waals surface area contributed by atoms with Gasteiger partial charge in [-0.3, -0.25) is 0 Å². The number of nitrogens with zero attached hydrogens (tertiary/aromatic N) is 3. The Kier molecular flexibility index (Phi) is 4.37. The lowest BCUT2D eigenvalue weighted by Gasteiger charge is -2.29. The molecule has 0 amide bonds. The molecule has 128 valence electrons. The second-order valence-electron chi connectivity index (χ2n) is 5.67. The summed E-state index contributed by atoms with van der Waals surface area (Å²) in [7, 11) is -3.72. The van der Waals surface area contributed by atoms with Crippen LogP contribution in [0.15, 0.2) is 33.6 Å². The minimum Gasteiger partial charge on any atom is -0.478 e. The van der Waals surface area contributed by atoms with Crippen molar-refractivity contribution >= 4 is 16.0 Å². The van der Waals surface area contributed by atoms with Crippen molar-refractivity contribution < 1.29 is 22.7 Å². The molecule has 24 heavy (non-hydrogen) atoms. The van der Waals surface area contributed by atoms with Crippen molar-refractivity contribution in [2.45, 2.75) is 30.6 Å². The molecule has 1 aromatic heterocycles. The minimum absolute atomic E-state index is 0.00511. The first-order valence-electron chi connectivity index (χ1n) is 7.51. The van der Waals surface area contributed by atoms with Gasteiger partial charge in [-0.25, -0.2) is 13.2 Å². The van der Waals surface area contributed by atoms with Crippen molar-refractivity contribution in [3.63, 3.8) is 0 Å². The van der Waals surface area contributed by atoms with E-state index in [-0.39, 0.29) is 16.4 Å². The molecule has 1 N–H and O–H groups in total. The predicted molar refractivity (Wildman–Crippen MR) is 83.2 cm³/mol. The maximum absolute atomic E-state index is 12.7. The van der Waals surface area contributed by atoms with Gasteiger partial charge in [0.1, 0.15) is 0 Å². The van der Waals surface area contributed by atoms with Gasteiger partial charge in [0.25, 0.3) is 0 Å². The summed E-state index contributed by atoms with van der Waals surface area (Å²) in [6, 6.07) is 5.40. The molecular formula is C15H17N3O5S. The van der Waals surface area contributed by atoms with Crippen molar-refractivity contribution in [1.29, 1.82) is 0 Å². The maximum Gasteiger partial charge on any atom is 0.335 e. The average Bonchev–Trinajstić information content (AvgIpc) is 3.01. The quantitative estimate of drug-likeness (QED) is 0.890. The number of sulfonamides is 1. The highest BCUT2D eigenvalue weighted by atomic mass is 32.2. The Balaban J connectivity index is 1.75. The molecule has 0 atom stereocenters. The highest BCUT2D eigenvalue weighted by Gasteiger charge is 2.32. The smallest absolute Gasteiger partial charge is 0.335 e. The number of carbonyl (C=O) groups is 1. The maximum atomic E-state index is 12.7. The molecule has 0 radical (unpaired) electrons. The van der Waals surface area contributed by atoms with Gasteiger partial charge in [0.05, 0.1) is 10.5 Å². The summed E-state index contributed by atoms with van der Waals surface area (Å²) in [6.45, 7) is 2.36. The molecule has 1 aromatic carbocycles. The Bertz CT molecular complexity index is 853. The van der Waals surface area contributed by atoms with Crippen molar-refractivity contribution in [2.24, 2.45) is 0 Å². The van der Waals surface area contributed by atoms with Crippen LogP contribution in [0.2, 0.25) is 0 Å². The van der Waals surface area contributed by atoms with Crippen LogP contribution >= 0.6 is 0 Å². The molecule has 0 unspecified atom stereocenters. The first-order valence-corrected chi connectivity index (χ1v) is 8.95. The summed E-state index contributed by atoms with van der Waals surface area (Å²) in [5.74, 6) is -0.0801. The molecule has 0 bridgehead atoms. The van der Waals surface area contributed by atoms with Crippen molar-refractivity contribution in [2.75, 3.05) is 13.1 Å². The lowest BCUT2D eigenvalue weighted by atomic mass is 9.98. The van der Waals surface area contributed by atoms with Crippen LogP contribution in [0.25, 0.3) is 0 Å². The topological polar surface area (TPSA) is 114 Å². The molecule has 2 heterocycles. The van der Waals surface area contributed by atoms with Gasteiger partial charge in [-0.1, -0.05) is 6.07 Å². The Morgan fingerprint density at radius 2 is 2.00 bits per heavy atom. The zero-order chi connectivity index (χ0) is 17.3. The molecule has 0 spiro atoms. The lowest BCUT2D eigenvalue weighted by Crippen LogP contribution is -2.38. The highest BCUT2D eigenvalue weighted by Crippen LogP contribution is 2.30. The second kappa shape index (κ2) is 6.33. The molecule has 3 rings (SSSR count). The number of hydrogen-bond donors (Lipinski definition) is 1. The van der Waals surface area contributed by atoms with Crippen molar-refractivity contribution in [1.82, 2.24) is 14.5 Å². The Labute approximate surface area is 139 Å². The molecule has 0 saturated carbocycles. The van der Waals surface area contributed by atoms with E-state index < -0.39 is 16.0 Å². The number of benzene rings is 1. The second-order valence-corrected chi connectivity index (χ2v) is 7.61. The van der Waals surface area contributed by atoms with E-state index in [1.165, 1.54) is 28.6 Å². The highest BCUT2D eigenvalue weighted by molar-refractivity contribution is 7.89. The van der Waals surface area contributed by atoms with Gasteiger partial charge in [-0.15, -0.1) is 10.2 Å². The van der Waals surface area contributed by atoms with E-state index in [1.54, 1.807) is 6.92 Å². The number of aromatic nitrogens is 2. The summed E-state index contributed by atoms with van der Waals surface area (Å²) in [6.07, 6.45) is 1.17. The molecule has 8 nitrogen and oxygen atoms in total. The number of carboxylic acid groups (broad SMARTS) is 1. The fourth-order valence-electron chi connectivity index (χ4n) is 2.76. The van der Waals surface area contributed by atoms with E-state index in [2.05, 4.69) is 10.2 Å². The van der Waals surface area contributed by atoms with Crippen LogP contribution in [-0.2, 0) is 10.0 Å². The minimum atomic E-state index is -3.72. The summed E-state index contributed by atoms with van der Waals surface area (Å²) >= 11 is 0. The van der Waals surface area contributed by atoms with Crippen LogP contribution < -0.4 is 0 Å². The SMILES string of the molecule is Cc1nnc(C2CCN(S(=O)(=O)c3cccc(C(=O)O)c3)CC2)o1. The number of piperidine rings is 1. The van der Waals surface area contributed by atoms with Crippen LogP contribution in [0.3, 0.4) is 0 Å². The third kappa shape index (κ3) is 3.17. The van der Waals surface area contributed by atoms with E-state index in [1.807, 2.05) is 0 Å². The first-order chi connectivity index (χ1) is 11.4. The monoisotopic (exact) mass is 351 g/mol. The number of aromatic carboxylic acids is 1. The summed E-state index contributed by atoms with van der Waals surface area (Å²) in [4.78, 5) is 11.0. The molecule has 0 aliphatic carbocycles. The van der Waals surface area contributed by atoms with E-state index in [4.69, 9.17) is 9.52 Å². The number of rotatable bonds is 4.